The maximum Gasteiger partial charge on any atom is 0.233 e. The topological polar surface area (TPSA) is 68.2 Å². The number of nitrogens with zero attached hydrogens (tertiary/aromatic N) is 4. The van der Waals surface area contributed by atoms with Crippen LogP contribution in [0.15, 0.2) is 69.7 Å². The predicted octanol–water partition coefficient (Wildman–Crippen LogP) is 4.33. The van der Waals surface area contributed by atoms with E-state index in [1.807, 2.05) is 37.3 Å². The zero-order chi connectivity index (χ0) is 18.9. The van der Waals surface area contributed by atoms with Gasteiger partial charge in [-0.15, -0.1) is 10.2 Å². The molecule has 0 saturated carbocycles. The highest BCUT2D eigenvalue weighted by Gasteiger charge is 2.31. The van der Waals surface area contributed by atoms with Crippen molar-refractivity contribution in [2.24, 2.45) is 0 Å². The number of hydrogen-bond acceptors (Lipinski definition) is 6. The first-order valence-corrected chi connectivity index (χ1v) is 9.37. The molecule has 28 heavy (non-hydrogen) atoms. The van der Waals surface area contributed by atoms with Gasteiger partial charge in [0, 0.05) is 25.6 Å². The Morgan fingerprint density at radius 2 is 1.79 bits per heavy atom. The summed E-state index contributed by atoms with van der Waals surface area (Å²) in [5.74, 6) is 1.87. The normalized spacial score (nSPS) is 16.8. The van der Waals surface area contributed by atoms with E-state index in [0.717, 1.165) is 24.2 Å². The molecule has 6 heteroatoms. The Labute approximate surface area is 162 Å². The minimum Gasteiger partial charge on any atom is -0.444 e. The van der Waals surface area contributed by atoms with Crippen molar-refractivity contribution in [1.29, 1.82) is 0 Å². The first-order chi connectivity index (χ1) is 13.8. The van der Waals surface area contributed by atoms with Crippen molar-refractivity contribution in [2.75, 3.05) is 0 Å². The summed E-state index contributed by atoms with van der Waals surface area (Å²) in [4.78, 5) is 7.01. The van der Waals surface area contributed by atoms with Crippen LogP contribution in [0.3, 0.4) is 0 Å². The fourth-order valence-electron chi connectivity index (χ4n) is 3.73. The van der Waals surface area contributed by atoms with E-state index < -0.39 is 0 Å². The maximum atomic E-state index is 5.77. The van der Waals surface area contributed by atoms with Crippen molar-refractivity contribution in [3.63, 3.8) is 0 Å². The first-order valence-electron chi connectivity index (χ1n) is 9.37. The van der Waals surface area contributed by atoms with Crippen LogP contribution in [0.4, 0.5) is 0 Å². The molecule has 1 unspecified atom stereocenters. The Morgan fingerprint density at radius 3 is 2.57 bits per heavy atom. The number of benzene rings is 2. The zero-order valence-corrected chi connectivity index (χ0v) is 15.6. The van der Waals surface area contributed by atoms with Crippen LogP contribution in [0.5, 0.6) is 0 Å². The Bertz CT molecular complexity index is 1090. The fraction of sp³-hybridized carbons (Fsp3) is 0.227. The number of aromatic nitrogens is 3. The van der Waals surface area contributed by atoms with Gasteiger partial charge >= 0.3 is 0 Å². The molecule has 0 radical (unpaired) electrons. The summed E-state index contributed by atoms with van der Waals surface area (Å²) in [5, 5.41) is 8.31. The summed E-state index contributed by atoms with van der Waals surface area (Å²) in [6.07, 6.45) is 2.57. The quantitative estimate of drug-likeness (QED) is 0.531. The van der Waals surface area contributed by atoms with Gasteiger partial charge in [0.2, 0.25) is 17.7 Å². The predicted molar refractivity (Wildman–Crippen MR) is 103 cm³/mol. The molecule has 0 N–H and O–H groups in total. The van der Waals surface area contributed by atoms with Gasteiger partial charge in [-0.25, -0.2) is 4.98 Å². The van der Waals surface area contributed by atoms with Crippen molar-refractivity contribution >= 4 is 0 Å². The number of rotatable bonds is 4. The Morgan fingerprint density at radius 1 is 1.00 bits per heavy atom. The molecular weight excluding hydrogens is 352 g/mol. The van der Waals surface area contributed by atoms with Crippen LogP contribution < -0.4 is 0 Å². The van der Waals surface area contributed by atoms with Crippen molar-refractivity contribution in [2.45, 2.75) is 32.5 Å². The molecule has 0 saturated heterocycles. The summed E-state index contributed by atoms with van der Waals surface area (Å²) in [6.45, 7) is 3.27. The van der Waals surface area contributed by atoms with Crippen LogP contribution in [0.25, 0.3) is 11.5 Å². The van der Waals surface area contributed by atoms with E-state index >= 15 is 0 Å². The third kappa shape index (κ3) is 3.23. The Hall–Kier alpha value is -3.25. The van der Waals surface area contributed by atoms with Gasteiger partial charge in [0.1, 0.15) is 6.26 Å². The molecule has 0 spiro atoms. The molecule has 1 aliphatic rings. The molecule has 2 aromatic heterocycles. The molecule has 0 fully saturated rings. The largest absolute Gasteiger partial charge is 0.444 e. The van der Waals surface area contributed by atoms with Gasteiger partial charge in [-0.2, -0.15) is 0 Å². The van der Waals surface area contributed by atoms with Gasteiger partial charge < -0.3 is 8.83 Å². The SMILES string of the molecule is Cc1nnc(C2Cc3ccccc3CN2Cc2coc(-c3ccccc3)n2)o1. The fourth-order valence-corrected chi connectivity index (χ4v) is 3.73. The molecule has 1 atom stereocenters. The van der Waals surface area contributed by atoms with Gasteiger partial charge in [-0.1, -0.05) is 42.5 Å². The molecule has 0 amide bonds. The van der Waals surface area contributed by atoms with E-state index in [2.05, 4.69) is 44.3 Å². The average molecular weight is 372 g/mol. The van der Waals surface area contributed by atoms with E-state index in [-0.39, 0.29) is 6.04 Å². The van der Waals surface area contributed by atoms with Crippen molar-refractivity contribution in [3.8, 4) is 11.5 Å². The summed E-state index contributed by atoms with van der Waals surface area (Å²) < 4.78 is 11.5. The van der Waals surface area contributed by atoms with Crippen molar-refractivity contribution in [3.05, 3.63) is 89.5 Å². The smallest absolute Gasteiger partial charge is 0.233 e. The van der Waals surface area contributed by atoms with Gasteiger partial charge in [-0.3, -0.25) is 4.90 Å². The summed E-state index contributed by atoms with van der Waals surface area (Å²) in [6, 6.07) is 18.5. The van der Waals surface area contributed by atoms with E-state index in [0.29, 0.717) is 24.2 Å². The van der Waals surface area contributed by atoms with Crippen LogP contribution in [0, 0.1) is 6.92 Å². The molecular formula is C22H20N4O2. The number of fused-ring (bicyclic) bond motifs is 1. The summed E-state index contributed by atoms with van der Waals surface area (Å²) >= 11 is 0. The molecule has 1 aliphatic heterocycles. The lowest BCUT2D eigenvalue weighted by molar-refractivity contribution is 0.135. The van der Waals surface area contributed by atoms with Crippen LogP contribution in [0.2, 0.25) is 0 Å². The minimum atomic E-state index is 0.0213. The second-order valence-electron chi connectivity index (χ2n) is 7.06. The molecule has 2 aromatic carbocycles. The average Bonchev–Trinajstić information content (AvgIpc) is 3.37. The molecule has 0 aliphatic carbocycles. The molecule has 5 rings (SSSR count). The summed E-state index contributed by atoms with van der Waals surface area (Å²) in [5.41, 5.74) is 4.51. The number of oxazole rings is 1. The number of hydrogen-bond donors (Lipinski definition) is 0. The maximum absolute atomic E-state index is 5.77. The second-order valence-corrected chi connectivity index (χ2v) is 7.06. The van der Waals surface area contributed by atoms with Gasteiger partial charge in [0.25, 0.3) is 0 Å². The summed E-state index contributed by atoms with van der Waals surface area (Å²) in [7, 11) is 0. The molecule has 3 heterocycles. The highest BCUT2D eigenvalue weighted by Crippen LogP contribution is 2.34. The lowest BCUT2D eigenvalue weighted by atomic mass is 9.94. The molecule has 6 nitrogen and oxygen atoms in total. The standard InChI is InChI=1S/C22H20N4O2/c1-15-24-25-22(28-15)20-11-17-9-5-6-10-18(17)12-26(20)13-19-14-27-21(23-19)16-7-3-2-4-8-16/h2-10,14,20H,11-13H2,1H3. The van der Waals surface area contributed by atoms with Gasteiger partial charge in [0.15, 0.2) is 0 Å². The molecule has 4 aromatic rings. The monoisotopic (exact) mass is 372 g/mol. The molecule has 140 valence electrons. The Kier molecular flexibility index (Phi) is 4.25. The van der Waals surface area contributed by atoms with Crippen LogP contribution in [0.1, 0.15) is 34.6 Å². The van der Waals surface area contributed by atoms with Crippen LogP contribution in [-0.4, -0.2) is 20.1 Å². The van der Waals surface area contributed by atoms with E-state index in [9.17, 15) is 0 Å². The van der Waals surface area contributed by atoms with Gasteiger partial charge in [-0.05, 0) is 29.7 Å². The minimum absolute atomic E-state index is 0.0213. The van der Waals surface area contributed by atoms with Crippen LogP contribution in [-0.2, 0) is 19.5 Å². The van der Waals surface area contributed by atoms with Gasteiger partial charge in [0.05, 0.1) is 11.7 Å². The second kappa shape index (κ2) is 7.05. The van der Waals surface area contributed by atoms with Crippen LogP contribution >= 0.6 is 0 Å². The Balaban J connectivity index is 1.44. The van der Waals surface area contributed by atoms with E-state index in [1.165, 1.54) is 11.1 Å². The highest BCUT2D eigenvalue weighted by molar-refractivity contribution is 5.52. The van der Waals surface area contributed by atoms with Crippen molar-refractivity contribution in [1.82, 2.24) is 20.1 Å². The zero-order valence-electron chi connectivity index (χ0n) is 15.6. The lowest BCUT2D eigenvalue weighted by Crippen LogP contribution is -2.34. The number of aryl methyl sites for hydroxylation is 1. The van der Waals surface area contributed by atoms with E-state index in [1.54, 1.807) is 6.26 Å². The van der Waals surface area contributed by atoms with E-state index in [4.69, 9.17) is 8.83 Å². The molecule has 0 bridgehead atoms. The lowest BCUT2D eigenvalue weighted by Gasteiger charge is -2.34. The highest BCUT2D eigenvalue weighted by atomic mass is 16.4. The third-order valence-electron chi connectivity index (χ3n) is 5.11. The third-order valence-corrected chi connectivity index (χ3v) is 5.11. The van der Waals surface area contributed by atoms with Crippen molar-refractivity contribution < 1.29 is 8.83 Å². The first kappa shape index (κ1) is 16.9.